The van der Waals surface area contributed by atoms with Crippen molar-refractivity contribution in [1.82, 2.24) is 9.73 Å². The number of ether oxygens (including phenoxy) is 1. The third-order valence-electron chi connectivity index (χ3n) is 4.68. The van der Waals surface area contributed by atoms with Crippen molar-refractivity contribution in [2.75, 3.05) is 19.7 Å². The first kappa shape index (κ1) is 22.4. The molecule has 9 nitrogen and oxygen atoms in total. The Balaban J connectivity index is 1.69. The number of rotatable bonds is 8. The summed E-state index contributed by atoms with van der Waals surface area (Å²) in [5.74, 6) is -1.68. The quantitative estimate of drug-likeness (QED) is 0.473. The third kappa shape index (κ3) is 5.89. The van der Waals surface area contributed by atoms with E-state index >= 15 is 0 Å². The van der Waals surface area contributed by atoms with Crippen molar-refractivity contribution in [2.24, 2.45) is 5.10 Å². The van der Waals surface area contributed by atoms with Crippen LogP contribution in [0.2, 0.25) is 0 Å². The third-order valence-corrected chi connectivity index (χ3v) is 6.58. The van der Waals surface area contributed by atoms with Crippen LogP contribution in [0.5, 0.6) is 5.75 Å². The maximum Gasteiger partial charge on any atom is 0.271 e. The molecule has 1 saturated heterocycles. The van der Waals surface area contributed by atoms with Crippen molar-refractivity contribution >= 4 is 28.1 Å². The summed E-state index contributed by atoms with van der Waals surface area (Å²) in [6, 6.07) is 12.3. The first-order chi connectivity index (χ1) is 14.9. The summed E-state index contributed by atoms with van der Waals surface area (Å²) in [5.41, 5.74) is 2.93. The van der Waals surface area contributed by atoms with Crippen LogP contribution in [0.25, 0.3) is 0 Å². The highest BCUT2D eigenvalue weighted by atomic mass is 32.2. The van der Waals surface area contributed by atoms with Gasteiger partial charge in [-0.15, -0.1) is 0 Å². The molecule has 1 aliphatic rings. The van der Waals surface area contributed by atoms with E-state index in [0.717, 1.165) is 19.3 Å². The Morgan fingerprint density at radius 2 is 1.84 bits per heavy atom. The average Bonchev–Trinajstić information content (AvgIpc) is 2.79. The summed E-state index contributed by atoms with van der Waals surface area (Å²) in [6.07, 6.45) is 3.95. The van der Waals surface area contributed by atoms with Crippen molar-refractivity contribution in [2.45, 2.75) is 24.2 Å². The molecule has 2 aromatic rings. The van der Waals surface area contributed by atoms with E-state index < -0.39 is 28.5 Å². The molecule has 0 bridgehead atoms. The number of para-hydroxylation sites is 1. The standard InChI is InChI=1S/C21H23N3O6S/c25-20(26)15-30-19-10-3-2-7-17(19)14-22-23-21(27)16-8-6-9-18(13-16)31(28,29)24-11-4-1-5-12-24/h2-3,6-10,13-14H,1,4-5,11-12,15H2,(H,23,27)(H,25,26)/p-1/b22-14-. The molecule has 3 rings (SSSR count). The van der Waals surface area contributed by atoms with E-state index in [4.69, 9.17) is 4.74 Å². The number of piperidine rings is 1. The Bertz CT molecular complexity index is 1080. The second kappa shape index (κ2) is 10.2. The molecular formula is C21H22N3O6S-. The molecule has 1 heterocycles. The number of carboxylic acids is 1. The van der Waals surface area contributed by atoms with Crippen LogP contribution < -0.4 is 15.3 Å². The minimum atomic E-state index is -3.66. The lowest BCUT2D eigenvalue weighted by Gasteiger charge is -2.25. The number of nitrogens with one attached hydrogen (secondary N) is 1. The normalized spacial score (nSPS) is 15.0. The van der Waals surface area contributed by atoms with Crippen LogP contribution in [0.3, 0.4) is 0 Å². The van der Waals surface area contributed by atoms with E-state index in [0.29, 0.717) is 18.7 Å². The first-order valence-corrected chi connectivity index (χ1v) is 11.2. The highest BCUT2D eigenvalue weighted by Gasteiger charge is 2.26. The van der Waals surface area contributed by atoms with Crippen molar-refractivity contribution in [1.29, 1.82) is 0 Å². The highest BCUT2D eigenvalue weighted by molar-refractivity contribution is 7.89. The van der Waals surface area contributed by atoms with E-state index in [1.807, 2.05) is 0 Å². The molecule has 0 unspecified atom stereocenters. The molecule has 0 spiro atoms. The van der Waals surface area contributed by atoms with Gasteiger partial charge >= 0.3 is 0 Å². The van der Waals surface area contributed by atoms with Crippen LogP contribution in [0.1, 0.15) is 35.2 Å². The van der Waals surface area contributed by atoms with Crippen LogP contribution in [0.15, 0.2) is 58.5 Å². The van der Waals surface area contributed by atoms with Gasteiger partial charge in [-0.05, 0) is 43.2 Å². The molecule has 1 aliphatic heterocycles. The van der Waals surface area contributed by atoms with Crippen molar-refractivity contribution in [3.05, 3.63) is 59.7 Å². The number of amides is 1. The van der Waals surface area contributed by atoms with E-state index in [-0.39, 0.29) is 16.2 Å². The number of hydrogen-bond acceptors (Lipinski definition) is 7. The van der Waals surface area contributed by atoms with Gasteiger partial charge in [0.05, 0.1) is 17.1 Å². The van der Waals surface area contributed by atoms with Gasteiger partial charge in [0.25, 0.3) is 5.91 Å². The Labute approximate surface area is 180 Å². The fourth-order valence-corrected chi connectivity index (χ4v) is 4.70. The van der Waals surface area contributed by atoms with Crippen LogP contribution in [-0.2, 0) is 14.8 Å². The fraction of sp³-hybridized carbons (Fsp3) is 0.286. The van der Waals surface area contributed by atoms with E-state index in [1.54, 1.807) is 24.3 Å². The van der Waals surface area contributed by atoms with Gasteiger partial charge in [-0.3, -0.25) is 4.79 Å². The molecule has 1 N–H and O–H groups in total. The number of carbonyl (C=O) groups excluding carboxylic acids is 2. The summed E-state index contributed by atoms with van der Waals surface area (Å²) in [4.78, 5) is 23.1. The summed E-state index contributed by atoms with van der Waals surface area (Å²) in [7, 11) is -3.66. The molecule has 1 fully saturated rings. The lowest BCUT2D eigenvalue weighted by Crippen LogP contribution is -2.35. The summed E-state index contributed by atoms with van der Waals surface area (Å²) in [5, 5.41) is 14.4. The molecule has 0 aliphatic carbocycles. The molecule has 0 saturated carbocycles. The second-order valence-corrected chi connectivity index (χ2v) is 8.83. The predicted molar refractivity (Wildman–Crippen MR) is 111 cm³/mol. The van der Waals surface area contributed by atoms with Crippen molar-refractivity contribution < 1.29 is 27.9 Å². The SMILES string of the molecule is O=C([O-])COc1ccccc1/C=N\NC(=O)c1cccc(S(=O)(=O)N2CCCCC2)c1. The van der Waals surface area contributed by atoms with Gasteiger partial charge in [0.2, 0.25) is 10.0 Å². The summed E-state index contributed by atoms with van der Waals surface area (Å²) >= 11 is 0. The topological polar surface area (TPSA) is 128 Å². The van der Waals surface area contributed by atoms with Gasteiger partial charge in [-0.2, -0.15) is 9.41 Å². The van der Waals surface area contributed by atoms with Crippen LogP contribution in [-0.4, -0.2) is 50.5 Å². The zero-order chi connectivity index (χ0) is 22.3. The Morgan fingerprint density at radius 3 is 2.58 bits per heavy atom. The number of hydrazone groups is 1. The molecule has 0 aromatic heterocycles. The smallest absolute Gasteiger partial charge is 0.271 e. The number of aliphatic carboxylic acids is 1. The second-order valence-electron chi connectivity index (χ2n) is 6.89. The van der Waals surface area contributed by atoms with E-state index in [9.17, 15) is 23.1 Å². The largest absolute Gasteiger partial charge is 0.546 e. The molecule has 1 amide bonds. The van der Waals surface area contributed by atoms with Gasteiger partial charge in [-0.25, -0.2) is 13.8 Å². The summed E-state index contributed by atoms with van der Waals surface area (Å²) in [6.45, 7) is 0.334. The molecule has 0 radical (unpaired) electrons. The van der Waals surface area contributed by atoms with Gasteiger partial charge in [0.15, 0.2) is 0 Å². The van der Waals surface area contributed by atoms with Crippen LogP contribution in [0, 0.1) is 0 Å². The zero-order valence-corrected chi connectivity index (χ0v) is 17.5. The lowest BCUT2D eigenvalue weighted by atomic mass is 10.2. The number of nitrogens with zero attached hydrogens (tertiary/aromatic N) is 2. The number of benzene rings is 2. The monoisotopic (exact) mass is 444 g/mol. The highest BCUT2D eigenvalue weighted by Crippen LogP contribution is 2.21. The number of carboxylic acid groups (broad SMARTS) is 1. The maximum atomic E-state index is 12.8. The summed E-state index contributed by atoms with van der Waals surface area (Å²) < 4.78 is 32.2. The van der Waals surface area contributed by atoms with Crippen LogP contribution >= 0.6 is 0 Å². The van der Waals surface area contributed by atoms with E-state index in [2.05, 4.69) is 10.5 Å². The number of carbonyl (C=O) groups is 2. The molecule has 2 aromatic carbocycles. The Morgan fingerprint density at radius 1 is 1.10 bits per heavy atom. The molecule has 10 heteroatoms. The minimum absolute atomic E-state index is 0.0621. The van der Waals surface area contributed by atoms with Crippen molar-refractivity contribution in [3.63, 3.8) is 0 Å². The van der Waals surface area contributed by atoms with Gasteiger partial charge in [0.1, 0.15) is 12.4 Å². The molecule has 31 heavy (non-hydrogen) atoms. The van der Waals surface area contributed by atoms with Gasteiger partial charge < -0.3 is 14.6 Å². The molecule has 164 valence electrons. The number of hydrogen-bond donors (Lipinski definition) is 1. The lowest BCUT2D eigenvalue weighted by molar-refractivity contribution is -0.307. The van der Waals surface area contributed by atoms with Crippen molar-refractivity contribution in [3.8, 4) is 5.75 Å². The van der Waals surface area contributed by atoms with Gasteiger partial charge in [0, 0.05) is 24.2 Å². The molecule has 0 atom stereocenters. The average molecular weight is 444 g/mol. The van der Waals surface area contributed by atoms with E-state index in [1.165, 1.54) is 34.8 Å². The maximum absolute atomic E-state index is 12.8. The predicted octanol–water partition coefficient (Wildman–Crippen LogP) is 0.754. The Kier molecular flexibility index (Phi) is 7.37. The minimum Gasteiger partial charge on any atom is -0.546 e. The Hall–Kier alpha value is -3.24. The van der Waals surface area contributed by atoms with Gasteiger partial charge in [-0.1, -0.05) is 24.6 Å². The molecular weight excluding hydrogens is 422 g/mol. The van der Waals surface area contributed by atoms with Crippen LogP contribution in [0.4, 0.5) is 0 Å². The first-order valence-electron chi connectivity index (χ1n) is 9.73. The number of sulfonamides is 1. The fourth-order valence-electron chi connectivity index (χ4n) is 3.13. The zero-order valence-electron chi connectivity index (χ0n) is 16.7.